The van der Waals surface area contributed by atoms with Crippen LogP contribution in [-0.2, 0) is 14.2 Å². The Labute approximate surface area is 193 Å². The first-order chi connectivity index (χ1) is 15.9. The molecule has 4 atom stereocenters. The molecule has 174 valence electrons. The zero-order valence-electron chi connectivity index (χ0n) is 19.2. The second kappa shape index (κ2) is 10.4. The predicted octanol–water partition coefficient (Wildman–Crippen LogP) is 3.50. The number of pyridine rings is 1. The number of aliphatic hydroxyl groups is 1. The van der Waals surface area contributed by atoms with Crippen molar-refractivity contribution in [1.29, 1.82) is 0 Å². The molecule has 2 aromatic carbocycles. The molecule has 33 heavy (non-hydrogen) atoms. The quantitative estimate of drug-likeness (QED) is 0.436. The summed E-state index contributed by atoms with van der Waals surface area (Å²) >= 11 is 0. The summed E-state index contributed by atoms with van der Waals surface area (Å²) in [6.45, 7) is 2.13. The van der Waals surface area contributed by atoms with Crippen molar-refractivity contribution in [2.75, 3.05) is 27.3 Å². The minimum atomic E-state index is -0.573. The molecule has 4 rings (SSSR count). The lowest BCUT2D eigenvalue weighted by molar-refractivity contribution is -0.236. The number of fused-ring (bicyclic) bond motifs is 1. The van der Waals surface area contributed by atoms with Crippen LogP contribution < -0.4 is 0 Å². The number of aromatic nitrogens is 1. The highest BCUT2D eigenvalue weighted by molar-refractivity contribution is 6.04. The van der Waals surface area contributed by atoms with E-state index in [1.54, 1.807) is 6.07 Å². The normalized spacial score (nSPS) is 23.1. The molecule has 0 unspecified atom stereocenters. The zero-order valence-corrected chi connectivity index (χ0v) is 19.2. The number of hydrogen-bond acceptors (Lipinski definition) is 7. The van der Waals surface area contributed by atoms with Gasteiger partial charge in [0, 0.05) is 23.4 Å². The first kappa shape index (κ1) is 23.3. The number of carbonyl (C=O) groups is 1. The van der Waals surface area contributed by atoms with E-state index in [0.717, 1.165) is 22.2 Å². The van der Waals surface area contributed by atoms with Gasteiger partial charge in [0.25, 0.3) is 0 Å². The van der Waals surface area contributed by atoms with Crippen LogP contribution in [0.25, 0.3) is 22.2 Å². The fourth-order valence-electron chi connectivity index (χ4n) is 4.14. The van der Waals surface area contributed by atoms with Gasteiger partial charge in [-0.3, -0.25) is 0 Å². The lowest BCUT2D eigenvalue weighted by atomic mass is 9.99. The van der Waals surface area contributed by atoms with Crippen LogP contribution in [0.2, 0.25) is 0 Å². The molecule has 0 spiro atoms. The Morgan fingerprint density at radius 1 is 1.12 bits per heavy atom. The van der Waals surface area contributed by atoms with Crippen molar-refractivity contribution in [3.8, 4) is 11.3 Å². The molecule has 1 saturated heterocycles. The van der Waals surface area contributed by atoms with Crippen molar-refractivity contribution < 1.29 is 24.1 Å². The molecule has 1 aliphatic heterocycles. The molecule has 0 aliphatic carbocycles. The van der Waals surface area contributed by atoms with Crippen molar-refractivity contribution in [1.82, 2.24) is 9.88 Å². The lowest BCUT2D eigenvalue weighted by Gasteiger charge is -2.40. The van der Waals surface area contributed by atoms with Gasteiger partial charge >= 0.3 is 5.97 Å². The van der Waals surface area contributed by atoms with Crippen LogP contribution in [0.1, 0.15) is 23.7 Å². The lowest BCUT2D eigenvalue weighted by Crippen LogP contribution is -2.53. The summed E-state index contributed by atoms with van der Waals surface area (Å²) in [4.78, 5) is 19.6. The van der Waals surface area contributed by atoms with Gasteiger partial charge < -0.3 is 24.2 Å². The molecule has 7 nitrogen and oxygen atoms in total. The smallest absolute Gasteiger partial charge is 0.338 e. The summed E-state index contributed by atoms with van der Waals surface area (Å²) in [5, 5.41) is 11.0. The molecule has 1 aromatic heterocycles. The van der Waals surface area contributed by atoms with Gasteiger partial charge in [-0.25, -0.2) is 9.78 Å². The summed E-state index contributed by atoms with van der Waals surface area (Å²) in [6, 6.07) is 19.0. The highest BCUT2D eigenvalue weighted by Crippen LogP contribution is 2.26. The first-order valence-corrected chi connectivity index (χ1v) is 11.2. The van der Waals surface area contributed by atoms with Crippen molar-refractivity contribution in [2.45, 2.75) is 37.9 Å². The number of ether oxygens (including phenoxy) is 3. The molecule has 2 heterocycles. The number of hydrogen-bond donors (Lipinski definition) is 1. The number of nitrogens with zero attached hydrogens (tertiary/aromatic N) is 2. The van der Waals surface area contributed by atoms with Gasteiger partial charge in [-0.1, -0.05) is 48.5 Å². The van der Waals surface area contributed by atoms with E-state index in [-0.39, 0.29) is 25.4 Å². The number of likely N-dealkylation sites (N-methyl/N-ethyl adjacent to an activating group) is 1. The monoisotopic (exact) mass is 450 g/mol. The highest BCUT2D eigenvalue weighted by Gasteiger charge is 2.36. The van der Waals surface area contributed by atoms with Crippen LogP contribution in [0, 0.1) is 0 Å². The average molecular weight is 451 g/mol. The van der Waals surface area contributed by atoms with Crippen LogP contribution in [-0.4, -0.2) is 72.8 Å². The molecule has 0 radical (unpaired) electrons. The van der Waals surface area contributed by atoms with E-state index in [0.29, 0.717) is 12.0 Å². The molecule has 3 aromatic rings. The number of para-hydroxylation sites is 1. The zero-order chi connectivity index (χ0) is 23.4. The summed E-state index contributed by atoms with van der Waals surface area (Å²) in [5.74, 6) is -0.422. The molecule has 0 bridgehead atoms. The van der Waals surface area contributed by atoms with Gasteiger partial charge in [0.1, 0.15) is 6.61 Å². The van der Waals surface area contributed by atoms with E-state index in [1.165, 1.54) is 0 Å². The van der Waals surface area contributed by atoms with Gasteiger partial charge in [-0.05, 0) is 33.2 Å². The third kappa shape index (κ3) is 5.39. The van der Waals surface area contributed by atoms with Crippen LogP contribution in [0.15, 0.2) is 60.7 Å². The molecular formula is C26H30N2O5. The van der Waals surface area contributed by atoms with Gasteiger partial charge in [-0.15, -0.1) is 0 Å². The van der Waals surface area contributed by atoms with Crippen LogP contribution >= 0.6 is 0 Å². The molecule has 1 N–H and O–H groups in total. The number of carbonyl (C=O) groups excluding carboxylic acids is 1. The van der Waals surface area contributed by atoms with Crippen molar-refractivity contribution >= 4 is 16.9 Å². The third-order valence-corrected chi connectivity index (χ3v) is 5.96. The maximum Gasteiger partial charge on any atom is 0.338 e. The van der Waals surface area contributed by atoms with Gasteiger partial charge in [-0.2, -0.15) is 0 Å². The maximum atomic E-state index is 13.0. The second-order valence-electron chi connectivity index (χ2n) is 8.47. The molecule has 1 aliphatic rings. The Balaban J connectivity index is 1.41. The second-order valence-corrected chi connectivity index (χ2v) is 8.47. The van der Waals surface area contributed by atoms with Crippen LogP contribution in [0.4, 0.5) is 0 Å². The molecule has 0 amide bonds. The predicted molar refractivity (Wildman–Crippen MR) is 126 cm³/mol. The Hall–Kier alpha value is -2.84. The van der Waals surface area contributed by atoms with E-state index in [4.69, 9.17) is 19.2 Å². The van der Waals surface area contributed by atoms with Gasteiger partial charge in [0.05, 0.1) is 35.6 Å². The summed E-state index contributed by atoms with van der Waals surface area (Å²) < 4.78 is 17.1. The minimum Gasteiger partial charge on any atom is -0.460 e. The third-order valence-electron chi connectivity index (χ3n) is 5.96. The largest absolute Gasteiger partial charge is 0.460 e. The van der Waals surface area contributed by atoms with Crippen LogP contribution in [0.5, 0.6) is 0 Å². The standard InChI is InChI=1S/C26H30N2O5/c1-17-25(29)23(28(2)3)16-24(33-17)31-13-14-32-26(30)20-15-22(18-9-5-4-6-10-18)27-21-12-8-7-11-19(20)21/h4-12,15,17,23-25,29H,13-14,16H2,1-3H3/t17-,23-,24+,25-/m1/s1. The molecular weight excluding hydrogens is 420 g/mol. The number of rotatable bonds is 7. The Kier molecular flexibility index (Phi) is 7.35. The minimum absolute atomic E-state index is 0.0547. The van der Waals surface area contributed by atoms with E-state index in [2.05, 4.69) is 0 Å². The van der Waals surface area contributed by atoms with Crippen LogP contribution in [0.3, 0.4) is 0 Å². The fourth-order valence-corrected chi connectivity index (χ4v) is 4.14. The summed E-state index contributed by atoms with van der Waals surface area (Å²) in [7, 11) is 3.85. The number of aliphatic hydroxyl groups excluding tert-OH is 1. The van der Waals surface area contributed by atoms with E-state index < -0.39 is 18.4 Å². The molecule has 0 saturated carbocycles. The SMILES string of the molecule is C[C@H]1O[C@H](OCCOC(=O)c2cc(-c3ccccc3)nc3ccccc23)C[C@@H](N(C)C)[C@@H]1O. The van der Waals surface area contributed by atoms with Crippen molar-refractivity contribution in [3.05, 3.63) is 66.2 Å². The Morgan fingerprint density at radius 3 is 2.61 bits per heavy atom. The topological polar surface area (TPSA) is 81.1 Å². The number of esters is 1. The molecule has 7 heteroatoms. The van der Waals surface area contributed by atoms with E-state index in [1.807, 2.05) is 80.5 Å². The summed E-state index contributed by atoms with van der Waals surface area (Å²) in [5.41, 5.74) is 2.86. The highest BCUT2D eigenvalue weighted by atomic mass is 16.7. The van der Waals surface area contributed by atoms with Gasteiger partial charge in [0.15, 0.2) is 6.29 Å². The van der Waals surface area contributed by atoms with E-state index >= 15 is 0 Å². The number of benzene rings is 2. The average Bonchev–Trinajstić information content (AvgIpc) is 2.83. The fraction of sp³-hybridized carbons (Fsp3) is 0.385. The molecule has 1 fully saturated rings. The van der Waals surface area contributed by atoms with E-state index in [9.17, 15) is 9.90 Å². The first-order valence-electron chi connectivity index (χ1n) is 11.2. The maximum absolute atomic E-state index is 13.0. The Bertz CT molecular complexity index is 1090. The summed E-state index contributed by atoms with van der Waals surface area (Å²) in [6.07, 6.45) is -0.822. The van der Waals surface area contributed by atoms with Crippen molar-refractivity contribution in [3.63, 3.8) is 0 Å². The Morgan fingerprint density at radius 2 is 1.85 bits per heavy atom. The van der Waals surface area contributed by atoms with Gasteiger partial charge in [0.2, 0.25) is 0 Å². The van der Waals surface area contributed by atoms with Crippen molar-refractivity contribution in [2.24, 2.45) is 0 Å².